The molecule has 9 heteroatoms. The Kier molecular flexibility index (Phi) is 69.3. The Morgan fingerprint density at radius 3 is 0.841 bits per heavy atom. The molecule has 0 saturated carbocycles. The van der Waals surface area contributed by atoms with Crippen molar-refractivity contribution in [3.05, 3.63) is 12.2 Å². The maximum atomic E-state index is 13.0. The molecule has 0 bridgehead atoms. The van der Waals surface area contributed by atoms with Crippen molar-refractivity contribution in [2.24, 2.45) is 0 Å². The quantitative estimate of drug-likeness (QED) is 0.0195. The second kappa shape index (κ2) is 70.9. The number of carboxylic acids is 1. The van der Waals surface area contributed by atoms with Crippen LogP contribution in [0.4, 0.5) is 0 Å². The zero-order valence-electron chi connectivity index (χ0n) is 59.9. The van der Waals surface area contributed by atoms with Gasteiger partial charge in [0.05, 0.1) is 40.3 Å². The Morgan fingerprint density at radius 1 is 0.330 bits per heavy atom. The minimum Gasteiger partial charge on any atom is -0.545 e. The Balaban J connectivity index is 3.90. The lowest BCUT2D eigenvalue weighted by Crippen LogP contribution is -2.44. The number of carbonyl (C=O) groups excluding carboxylic acids is 3. The molecule has 0 rings (SSSR count). The first kappa shape index (κ1) is 86.0. The van der Waals surface area contributed by atoms with Gasteiger partial charge in [0.2, 0.25) is 0 Å². The van der Waals surface area contributed by atoms with E-state index in [1.54, 1.807) is 0 Å². The number of likely N-dealkylation sites (N-methyl/N-ethyl adjacent to an activating group) is 1. The molecule has 2 unspecified atom stereocenters. The molecule has 0 aromatic rings. The van der Waals surface area contributed by atoms with Crippen LogP contribution in [0.15, 0.2) is 12.2 Å². The number of hydrogen-bond acceptors (Lipinski definition) is 8. The zero-order valence-corrected chi connectivity index (χ0v) is 59.9. The molecule has 522 valence electrons. The van der Waals surface area contributed by atoms with Gasteiger partial charge in [-0.25, -0.2) is 0 Å². The summed E-state index contributed by atoms with van der Waals surface area (Å²) in [4.78, 5) is 37.5. The molecule has 0 heterocycles. The molecular formula is C79H153NO8. The van der Waals surface area contributed by atoms with Crippen LogP contribution in [-0.4, -0.2) is 82.3 Å². The smallest absolute Gasteiger partial charge is 0.306 e. The van der Waals surface area contributed by atoms with Gasteiger partial charge in [0.15, 0.2) is 12.4 Å². The molecular weight excluding hydrogens is 1090 g/mol. The lowest BCUT2D eigenvalue weighted by molar-refractivity contribution is -0.870. The largest absolute Gasteiger partial charge is 0.545 e. The molecule has 0 amide bonds. The predicted molar refractivity (Wildman–Crippen MR) is 376 cm³/mol. The van der Waals surface area contributed by atoms with Gasteiger partial charge < -0.3 is 33.3 Å². The summed E-state index contributed by atoms with van der Waals surface area (Å²) in [6.45, 7) is 4.84. The predicted octanol–water partition coefficient (Wildman–Crippen LogP) is 23.4. The van der Waals surface area contributed by atoms with E-state index in [1.807, 2.05) is 21.1 Å². The normalized spacial score (nSPS) is 12.6. The Morgan fingerprint density at radius 2 is 0.580 bits per heavy atom. The maximum absolute atomic E-state index is 13.0. The lowest BCUT2D eigenvalue weighted by Gasteiger charge is -2.26. The highest BCUT2D eigenvalue weighted by Gasteiger charge is 2.22. The van der Waals surface area contributed by atoms with Crippen LogP contribution in [0.5, 0.6) is 0 Å². The number of ether oxygens (including phenoxy) is 4. The van der Waals surface area contributed by atoms with Crippen molar-refractivity contribution >= 4 is 17.9 Å². The fourth-order valence-corrected chi connectivity index (χ4v) is 12.2. The lowest BCUT2D eigenvalue weighted by atomic mass is 10.0. The summed E-state index contributed by atoms with van der Waals surface area (Å²) in [5, 5.41) is 11.8. The molecule has 0 aromatic heterocycles. The molecule has 0 spiro atoms. The summed E-state index contributed by atoms with van der Waals surface area (Å²) >= 11 is 0. The van der Waals surface area contributed by atoms with E-state index < -0.39 is 24.3 Å². The average Bonchev–Trinajstić information content (AvgIpc) is 3.55. The van der Waals surface area contributed by atoms with Crippen molar-refractivity contribution in [3.63, 3.8) is 0 Å². The molecule has 0 aliphatic heterocycles. The number of carboxylic acid groups (broad SMARTS) is 1. The van der Waals surface area contributed by atoms with E-state index in [0.717, 1.165) is 38.5 Å². The van der Waals surface area contributed by atoms with E-state index in [9.17, 15) is 19.5 Å². The molecule has 0 aliphatic carbocycles. The van der Waals surface area contributed by atoms with Gasteiger partial charge in [0.25, 0.3) is 0 Å². The summed E-state index contributed by atoms with van der Waals surface area (Å²) in [7, 11) is 5.95. The molecule has 9 nitrogen and oxygen atoms in total. The number of hydrogen-bond donors (Lipinski definition) is 0. The minimum atomic E-state index is -1.62. The van der Waals surface area contributed by atoms with Crippen molar-refractivity contribution < 1.29 is 42.9 Å². The highest BCUT2D eigenvalue weighted by Crippen LogP contribution is 2.20. The second-order valence-electron chi connectivity index (χ2n) is 28.4. The molecule has 0 N–H and O–H groups in total. The first-order valence-electron chi connectivity index (χ1n) is 39.3. The van der Waals surface area contributed by atoms with Gasteiger partial charge in [-0.3, -0.25) is 9.59 Å². The van der Waals surface area contributed by atoms with Crippen molar-refractivity contribution in [2.45, 2.75) is 431 Å². The first-order chi connectivity index (χ1) is 43.1. The summed E-state index contributed by atoms with van der Waals surface area (Å²) in [5.41, 5.74) is 0. The van der Waals surface area contributed by atoms with E-state index >= 15 is 0 Å². The Hall–Kier alpha value is -1.97. The molecule has 0 fully saturated rings. The monoisotopic (exact) mass is 1240 g/mol. The van der Waals surface area contributed by atoms with Crippen LogP contribution in [0.1, 0.15) is 418 Å². The summed E-state index contributed by atoms with van der Waals surface area (Å²) in [5.74, 6) is -2.24. The van der Waals surface area contributed by atoms with Crippen molar-refractivity contribution in [3.8, 4) is 0 Å². The van der Waals surface area contributed by atoms with Crippen LogP contribution in [0, 0.1) is 0 Å². The fourth-order valence-electron chi connectivity index (χ4n) is 12.2. The van der Waals surface area contributed by atoms with Crippen molar-refractivity contribution in [2.75, 3.05) is 47.5 Å². The van der Waals surface area contributed by atoms with E-state index in [4.69, 9.17) is 18.9 Å². The van der Waals surface area contributed by atoms with Crippen LogP contribution in [0.2, 0.25) is 0 Å². The molecule has 88 heavy (non-hydrogen) atoms. The van der Waals surface area contributed by atoms with Gasteiger partial charge in [-0.1, -0.05) is 379 Å². The number of carbonyl (C=O) groups is 3. The summed E-state index contributed by atoms with van der Waals surface area (Å²) in [6.07, 6.45) is 84.9. The first-order valence-corrected chi connectivity index (χ1v) is 39.3. The maximum Gasteiger partial charge on any atom is 0.306 e. The summed E-state index contributed by atoms with van der Waals surface area (Å²) in [6, 6.07) is 0. The Labute approximate surface area is 548 Å². The highest BCUT2D eigenvalue weighted by molar-refractivity contribution is 5.70. The molecule has 0 saturated heterocycles. The van der Waals surface area contributed by atoms with Crippen LogP contribution in [0.25, 0.3) is 0 Å². The SMILES string of the molecule is CCCCCCCCCC/C=C\CCCCCCCCCCCCCCCCCCCCCCCCCCCCCCCC(=O)OC(COC(=O)CCCCCCCCCCCCCCCCCCCCCCCC)COC(OCC[N+](C)(C)C)C(=O)[O-]. The van der Waals surface area contributed by atoms with E-state index in [1.165, 1.54) is 353 Å². The number of nitrogens with zero attached hydrogens (tertiary/aromatic N) is 1. The standard InChI is InChI=1S/C79H153NO8/c1-6-8-10-12-14-16-18-20-22-24-26-28-30-31-32-33-34-35-36-37-38-39-40-41-42-43-44-45-46-47-48-50-52-54-56-58-60-62-64-66-68-70-77(82)88-75(74-87-79(78(83)84)85-72-71-80(3,4)5)73-86-76(81)69-67-65-63-61-59-57-55-53-51-49-29-27-25-23-21-19-17-15-13-11-9-7-2/h24,26,75,79H,6-23,25,27-74H2,1-5H3/b26-24-. The molecule has 0 aromatic carbocycles. The summed E-state index contributed by atoms with van der Waals surface area (Å²) < 4.78 is 22.9. The van der Waals surface area contributed by atoms with E-state index in [2.05, 4.69) is 26.0 Å². The van der Waals surface area contributed by atoms with Crippen LogP contribution in [-0.2, 0) is 33.3 Å². The van der Waals surface area contributed by atoms with Gasteiger partial charge in [0.1, 0.15) is 13.2 Å². The molecule has 0 radical (unpaired) electrons. The third-order valence-electron chi connectivity index (χ3n) is 18.3. The van der Waals surface area contributed by atoms with Gasteiger partial charge >= 0.3 is 11.9 Å². The Bertz CT molecular complexity index is 1450. The number of quaternary nitrogens is 1. The zero-order chi connectivity index (χ0) is 64.0. The number of esters is 2. The highest BCUT2D eigenvalue weighted by atomic mass is 16.7. The van der Waals surface area contributed by atoms with E-state index in [0.29, 0.717) is 17.4 Å². The van der Waals surface area contributed by atoms with Crippen LogP contribution in [0.3, 0.4) is 0 Å². The molecule has 0 aliphatic rings. The number of aliphatic carboxylic acids is 1. The fraction of sp³-hybridized carbons (Fsp3) is 0.937. The number of rotatable bonds is 75. The number of allylic oxidation sites excluding steroid dienone is 2. The third-order valence-corrected chi connectivity index (χ3v) is 18.3. The van der Waals surface area contributed by atoms with E-state index in [-0.39, 0.29) is 32.2 Å². The second-order valence-corrected chi connectivity index (χ2v) is 28.4. The van der Waals surface area contributed by atoms with Gasteiger partial charge in [0, 0.05) is 12.8 Å². The minimum absolute atomic E-state index is 0.153. The molecule has 2 atom stereocenters. The topological polar surface area (TPSA) is 111 Å². The van der Waals surface area contributed by atoms with Gasteiger partial charge in [-0.2, -0.15) is 0 Å². The van der Waals surface area contributed by atoms with Gasteiger partial charge in [-0.05, 0) is 38.5 Å². The average molecular weight is 1250 g/mol. The van der Waals surface area contributed by atoms with Gasteiger partial charge in [-0.15, -0.1) is 0 Å². The number of unbranched alkanes of at least 4 members (excludes halogenated alkanes) is 58. The van der Waals surface area contributed by atoms with Crippen molar-refractivity contribution in [1.82, 2.24) is 0 Å². The van der Waals surface area contributed by atoms with Crippen LogP contribution < -0.4 is 5.11 Å². The van der Waals surface area contributed by atoms with Crippen LogP contribution >= 0.6 is 0 Å². The van der Waals surface area contributed by atoms with Crippen molar-refractivity contribution in [1.29, 1.82) is 0 Å². The third kappa shape index (κ3) is 71.5.